The third-order valence-corrected chi connectivity index (χ3v) is 6.36. The SMILES string of the molecule is CC1(C)Cc2cc(Br)cc(OCC(O)CN3CCc4sccc4C3)c2O1.Cl. The summed E-state index contributed by atoms with van der Waals surface area (Å²) in [5, 5.41) is 12.6. The van der Waals surface area contributed by atoms with Gasteiger partial charge in [0.25, 0.3) is 0 Å². The van der Waals surface area contributed by atoms with E-state index in [-0.39, 0.29) is 24.6 Å². The van der Waals surface area contributed by atoms with E-state index in [4.69, 9.17) is 9.47 Å². The van der Waals surface area contributed by atoms with Gasteiger partial charge >= 0.3 is 0 Å². The maximum Gasteiger partial charge on any atom is 0.165 e. The minimum Gasteiger partial charge on any atom is -0.487 e. The van der Waals surface area contributed by atoms with Gasteiger partial charge in [0, 0.05) is 41.0 Å². The van der Waals surface area contributed by atoms with Crippen LogP contribution in [0.1, 0.15) is 29.9 Å². The first-order valence-corrected chi connectivity index (χ1v) is 10.7. The van der Waals surface area contributed by atoms with Gasteiger partial charge in [-0.3, -0.25) is 4.90 Å². The number of nitrogens with zero attached hydrogens (tertiary/aromatic N) is 1. The number of ether oxygens (including phenoxy) is 2. The molecule has 2 aromatic rings. The molecule has 7 heteroatoms. The summed E-state index contributed by atoms with van der Waals surface area (Å²) in [7, 11) is 0. The van der Waals surface area contributed by atoms with Crippen LogP contribution in [0.4, 0.5) is 0 Å². The zero-order valence-electron chi connectivity index (χ0n) is 15.5. The van der Waals surface area contributed by atoms with Crippen molar-refractivity contribution in [3.05, 3.63) is 44.1 Å². The number of aliphatic hydroxyl groups excluding tert-OH is 1. The fourth-order valence-electron chi connectivity index (χ4n) is 3.75. The summed E-state index contributed by atoms with van der Waals surface area (Å²) in [5.74, 6) is 1.52. The number of halogens is 2. The van der Waals surface area contributed by atoms with E-state index in [0.29, 0.717) is 12.3 Å². The van der Waals surface area contributed by atoms with E-state index in [2.05, 4.69) is 52.2 Å². The van der Waals surface area contributed by atoms with E-state index in [1.54, 1.807) is 0 Å². The molecule has 2 aliphatic heterocycles. The molecule has 1 aromatic heterocycles. The summed E-state index contributed by atoms with van der Waals surface area (Å²) in [4.78, 5) is 3.78. The van der Waals surface area contributed by atoms with Crippen LogP contribution in [0, 0.1) is 0 Å². The van der Waals surface area contributed by atoms with E-state index >= 15 is 0 Å². The van der Waals surface area contributed by atoms with Crippen molar-refractivity contribution in [1.29, 1.82) is 0 Å². The van der Waals surface area contributed by atoms with Crippen molar-refractivity contribution >= 4 is 39.7 Å². The number of β-amino-alcohol motifs (C(OH)–C–C–N with tert-alkyl or cyclic N) is 1. The van der Waals surface area contributed by atoms with Crippen molar-refractivity contribution in [2.45, 2.75) is 44.9 Å². The Bertz CT molecular complexity index is 811. The van der Waals surface area contributed by atoms with Crippen LogP contribution >= 0.6 is 39.7 Å². The minimum atomic E-state index is -0.528. The Kier molecular flexibility index (Phi) is 6.43. The number of fused-ring (bicyclic) bond motifs is 2. The zero-order chi connectivity index (χ0) is 18.3. The lowest BCUT2D eigenvalue weighted by Crippen LogP contribution is -2.38. The first kappa shape index (κ1) is 20.9. The van der Waals surface area contributed by atoms with E-state index < -0.39 is 6.10 Å². The molecule has 0 spiro atoms. The maximum atomic E-state index is 10.5. The van der Waals surface area contributed by atoms with Crippen LogP contribution in [0.3, 0.4) is 0 Å². The molecule has 4 rings (SSSR count). The highest BCUT2D eigenvalue weighted by Crippen LogP contribution is 2.43. The third-order valence-electron chi connectivity index (χ3n) is 4.88. The fourth-order valence-corrected chi connectivity index (χ4v) is 5.12. The van der Waals surface area contributed by atoms with Gasteiger partial charge in [-0.1, -0.05) is 15.9 Å². The number of rotatable bonds is 5. The maximum absolute atomic E-state index is 10.5. The van der Waals surface area contributed by atoms with Crippen LogP contribution in [0.15, 0.2) is 28.1 Å². The molecular formula is C20H25BrClNO3S. The lowest BCUT2D eigenvalue weighted by Gasteiger charge is -2.28. The topological polar surface area (TPSA) is 41.9 Å². The average molecular weight is 475 g/mol. The van der Waals surface area contributed by atoms with Crippen LogP contribution in [-0.4, -0.2) is 41.4 Å². The molecule has 1 aromatic carbocycles. The average Bonchev–Trinajstić information content (AvgIpc) is 3.14. The lowest BCUT2D eigenvalue weighted by molar-refractivity contribution is 0.0610. The molecule has 0 fully saturated rings. The number of hydrogen-bond acceptors (Lipinski definition) is 5. The number of benzene rings is 1. The molecule has 0 radical (unpaired) electrons. The van der Waals surface area contributed by atoms with E-state index in [1.165, 1.54) is 10.4 Å². The summed E-state index contributed by atoms with van der Waals surface area (Å²) >= 11 is 5.38. The van der Waals surface area contributed by atoms with Crippen LogP contribution in [0.5, 0.6) is 11.5 Å². The van der Waals surface area contributed by atoms with Crippen molar-refractivity contribution in [3.8, 4) is 11.5 Å². The van der Waals surface area contributed by atoms with Gasteiger partial charge in [0.2, 0.25) is 0 Å². The molecule has 0 amide bonds. The highest BCUT2D eigenvalue weighted by molar-refractivity contribution is 9.10. The largest absolute Gasteiger partial charge is 0.487 e. The van der Waals surface area contributed by atoms with Gasteiger partial charge in [-0.25, -0.2) is 0 Å². The van der Waals surface area contributed by atoms with Gasteiger partial charge in [-0.05, 0) is 49.4 Å². The van der Waals surface area contributed by atoms with E-state index in [0.717, 1.165) is 41.7 Å². The Morgan fingerprint density at radius 2 is 2.19 bits per heavy atom. The molecule has 0 bridgehead atoms. The van der Waals surface area contributed by atoms with Crippen molar-refractivity contribution in [2.24, 2.45) is 0 Å². The Labute approximate surface area is 179 Å². The molecule has 148 valence electrons. The predicted octanol–water partition coefficient (Wildman–Crippen LogP) is 4.44. The van der Waals surface area contributed by atoms with Gasteiger partial charge in [0.05, 0.1) is 0 Å². The summed E-state index contributed by atoms with van der Waals surface area (Å²) in [6.07, 6.45) is 1.40. The molecule has 1 N–H and O–H groups in total. The molecule has 1 unspecified atom stereocenters. The standard InChI is InChI=1S/C20H24BrNO3S.ClH/c1-20(2)9-14-7-15(21)8-17(19(14)25-20)24-12-16(23)11-22-5-3-18-13(10-22)4-6-26-18;/h4,6-8,16,23H,3,5,9-12H2,1-2H3;1H. The minimum absolute atomic E-state index is 0. The Morgan fingerprint density at radius 1 is 1.37 bits per heavy atom. The number of hydrogen-bond donors (Lipinski definition) is 1. The van der Waals surface area contributed by atoms with Crippen molar-refractivity contribution in [3.63, 3.8) is 0 Å². The van der Waals surface area contributed by atoms with Crippen molar-refractivity contribution < 1.29 is 14.6 Å². The number of thiophene rings is 1. The molecule has 0 saturated heterocycles. The number of aliphatic hydroxyl groups is 1. The fraction of sp³-hybridized carbons (Fsp3) is 0.500. The molecular weight excluding hydrogens is 450 g/mol. The van der Waals surface area contributed by atoms with Crippen LogP contribution in [0.25, 0.3) is 0 Å². The molecule has 1 atom stereocenters. The zero-order valence-corrected chi connectivity index (χ0v) is 18.8. The molecule has 3 heterocycles. The molecule has 0 aliphatic carbocycles. The van der Waals surface area contributed by atoms with Crippen LogP contribution in [0.2, 0.25) is 0 Å². The third kappa shape index (κ3) is 4.80. The molecule has 0 saturated carbocycles. The van der Waals surface area contributed by atoms with Gasteiger partial charge in [-0.2, -0.15) is 0 Å². The van der Waals surface area contributed by atoms with Crippen LogP contribution < -0.4 is 9.47 Å². The van der Waals surface area contributed by atoms with E-state index in [1.807, 2.05) is 17.4 Å². The second-order valence-corrected chi connectivity index (χ2v) is 9.67. The summed E-state index contributed by atoms with van der Waals surface area (Å²) in [6, 6.07) is 6.20. The van der Waals surface area contributed by atoms with Gasteiger partial charge < -0.3 is 14.6 Å². The summed E-state index contributed by atoms with van der Waals surface area (Å²) in [6.45, 7) is 6.95. The quantitative estimate of drug-likeness (QED) is 0.695. The Morgan fingerprint density at radius 3 is 3.00 bits per heavy atom. The smallest absolute Gasteiger partial charge is 0.165 e. The first-order chi connectivity index (χ1) is 12.4. The van der Waals surface area contributed by atoms with Gasteiger partial charge in [0.1, 0.15) is 18.3 Å². The van der Waals surface area contributed by atoms with Gasteiger partial charge in [-0.15, -0.1) is 23.7 Å². The lowest BCUT2D eigenvalue weighted by atomic mass is 10.0. The monoisotopic (exact) mass is 473 g/mol. The van der Waals surface area contributed by atoms with Gasteiger partial charge in [0.15, 0.2) is 11.5 Å². The second kappa shape index (κ2) is 8.29. The highest BCUT2D eigenvalue weighted by Gasteiger charge is 2.33. The predicted molar refractivity (Wildman–Crippen MR) is 115 cm³/mol. The molecule has 4 nitrogen and oxygen atoms in total. The van der Waals surface area contributed by atoms with Crippen molar-refractivity contribution in [1.82, 2.24) is 4.90 Å². The Balaban J connectivity index is 0.00000210. The normalized spacial score (nSPS) is 18.8. The van der Waals surface area contributed by atoms with E-state index in [9.17, 15) is 5.11 Å². The highest BCUT2D eigenvalue weighted by atomic mass is 79.9. The molecule has 27 heavy (non-hydrogen) atoms. The van der Waals surface area contributed by atoms with Crippen molar-refractivity contribution in [2.75, 3.05) is 19.7 Å². The summed E-state index contributed by atoms with van der Waals surface area (Å²) in [5.41, 5.74) is 2.33. The van der Waals surface area contributed by atoms with Crippen LogP contribution in [-0.2, 0) is 19.4 Å². The molecule has 2 aliphatic rings. The Hall–Kier alpha value is -0.790. The second-order valence-electron chi connectivity index (χ2n) is 7.75. The summed E-state index contributed by atoms with van der Waals surface area (Å²) < 4.78 is 13.0. The first-order valence-electron chi connectivity index (χ1n) is 8.99.